The van der Waals surface area contributed by atoms with Crippen LogP contribution in [0.3, 0.4) is 0 Å². The highest BCUT2D eigenvalue weighted by molar-refractivity contribution is 7.92. The molecular formula is C13H17ClN2O3S. The van der Waals surface area contributed by atoms with Gasteiger partial charge in [-0.3, -0.25) is 9.52 Å². The SMILES string of the molecule is CC(=O)C(=CN(C)C)c1ccc(Cl)c(NS(C)(=O)=O)c1. The number of halogens is 1. The van der Waals surface area contributed by atoms with Crippen LogP contribution in [0.5, 0.6) is 0 Å². The molecule has 1 N–H and O–H groups in total. The molecule has 110 valence electrons. The highest BCUT2D eigenvalue weighted by atomic mass is 35.5. The van der Waals surface area contributed by atoms with Gasteiger partial charge in [-0.15, -0.1) is 0 Å². The van der Waals surface area contributed by atoms with E-state index in [4.69, 9.17) is 11.6 Å². The van der Waals surface area contributed by atoms with E-state index in [1.807, 2.05) is 0 Å². The van der Waals surface area contributed by atoms with Crippen molar-refractivity contribution in [2.24, 2.45) is 0 Å². The van der Waals surface area contributed by atoms with Gasteiger partial charge in [-0.25, -0.2) is 8.42 Å². The molecule has 0 amide bonds. The number of hydrogen-bond acceptors (Lipinski definition) is 4. The average molecular weight is 317 g/mol. The molecule has 0 aliphatic rings. The number of nitrogens with zero attached hydrogens (tertiary/aromatic N) is 1. The lowest BCUT2D eigenvalue weighted by molar-refractivity contribution is -0.111. The second kappa shape index (κ2) is 6.28. The summed E-state index contributed by atoms with van der Waals surface area (Å²) < 4.78 is 24.9. The first-order chi connectivity index (χ1) is 9.10. The van der Waals surface area contributed by atoms with E-state index in [2.05, 4.69) is 4.72 Å². The lowest BCUT2D eigenvalue weighted by atomic mass is 10.0. The number of benzene rings is 1. The summed E-state index contributed by atoms with van der Waals surface area (Å²) in [6.45, 7) is 1.45. The Bertz CT molecular complexity index is 652. The first-order valence-electron chi connectivity index (χ1n) is 5.77. The van der Waals surface area contributed by atoms with Gasteiger partial charge in [-0.1, -0.05) is 17.7 Å². The molecule has 0 radical (unpaired) electrons. The zero-order valence-electron chi connectivity index (χ0n) is 11.8. The van der Waals surface area contributed by atoms with Crippen molar-refractivity contribution in [2.75, 3.05) is 25.1 Å². The number of rotatable bonds is 5. The number of carbonyl (C=O) groups is 1. The third-order valence-electron chi connectivity index (χ3n) is 2.34. The highest BCUT2D eigenvalue weighted by Gasteiger charge is 2.12. The molecule has 1 aromatic carbocycles. The average Bonchev–Trinajstić information content (AvgIpc) is 2.27. The molecule has 7 heteroatoms. The second-order valence-corrected chi connectivity index (χ2v) is 6.79. The minimum atomic E-state index is -3.43. The molecule has 20 heavy (non-hydrogen) atoms. The number of nitrogens with one attached hydrogen (secondary N) is 1. The number of anilines is 1. The topological polar surface area (TPSA) is 66.5 Å². The van der Waals surface area contributed by atoms with Gasteiger partial charge in [-0.05, 0) is 24.6 Å². The summed E-state index contributed by atoms with van der Waals surface area (Å²) in [7, 11) is 0.166. The summed E-state index contributed by atoms with van der Waals surface area (Å²) in [6, 6.07) is 4.77. The molecule has 0 aliphatic heterocycles. The van der Waals surface area contributed by atoms with Crippen molar-refractivity contribution in [3.63, 3.8) is 0 Å². The minimum absolute atomic E-state index is 0.119. The van der Waals surface area contributed by atoms with Crippen LogP contribution < -0.4 is 4.72 Å². The maximum atomic E-state index is 11.7. The Labute approximate surface area is 124 Å². The fourth-order valence-corrected chi connectivity index (χ4v) is 2.39. The van der Waals surface area contributed by atoms with E-state index in [1.54, 1.807) is 43.4 Å². The third kappa shape index (κ3) is 4.86. The van der Waals surface area contributed by atoms with Gasteiger partial charge in [0.25, 0.3) is 0 Å². The Hall–Kier alpha value is -1.53. The van der Waals surface area contributed by atoms with Crippen molar-refractivity contribution in [3.05, 3.63) is 35.0 Å². The van der Waals surface area contributed by atoms with Crippen LogP contribution >= 0.6 is 11.6 Å². The molecule has 0 aliphatic carbocycles. The Balaban J connectivity index is 3.33. The summed E-state index contributed by atoms with van der Waals surface area (Å²) >= 11 is 5.95. The van der Waals surface area contributed by atoms with Gasteiger partial charge < -0.3 is 4.90 Å². The quantitative estimate of drug-likeness (QED) is 0.846. The predicted octanol–water partition coefficient (Wildman–Crippen LogP) is 2.20. The fourth-order valence-electron chi connectivity index (χ4n) is 1.60. The Morgan fingerprint density at radius 1 is 1.35 bits per heavy atom. The van der Waals surface area contributed by atoms with Gasteiger partial charge in [0.15, 0.2) is 5.78 Å². The Morgan fingerprint density at radius 2 is 1.95 bits per heavy atom. The summed E-state index contributed by atoms with van der Waals surface area (Å²) in [5, 5.41) is 0.270. The molecule has 1 aromatic rings. The molecule has 5 nitrogen and oxygen atoms in total. The molecule has 0 heterocycles. The smallest absolute Gasteiger partial charge is 0.229 e. The van der Waals surface area contributed by atoms with Gasteiger partial charge in [-0.2, -0.15) is 0 Å². The van der Waals surface area contributed by atoms with E-state index in [0.717, 1.165) is 6.26 Å². The zero-order chi connectivity index (χ0) is 15.5. The van der Waals surface area contributed by atoms with Crippen LogP contribution in [0.2, 0.25) is 5.02 Å². The van der Waals surface area contributed by atoms with Crippen LogP contribution in [-0.2, 0) is 14.8 Å². The van der Waals surface area contributed by atoms with E-state index < -0.39 is 10.0 Å². The molecule has 0 aromatic heterocycles. The van der Waals surface area contributed by atoms with Crippen LogP contribution in [0, 0.1) is 0 Å². The predicted molar refractivity (Wildman–Crippen MR) is 82.3 cm³/mol. The van der Waals surface area contributed by atoms with Crippen LogP contribution in [0.15, 0.2) is 24.4 Å². The number of allylic oxidation sites excluding steroid dienone is 1. The Morgan fingerprint density at radius 3 is 2.40 bits per heavy atom. The van der Waals surface area contributed by atoms with Crippen LogP contribution in [0.1, 0.15) is 12.5 Å². The maximum Gasteiger partial charge on any atom is 0.229 e. The largest absolute Gasteiger partial charge is 0.383 e. The van der Waals surface area contributed by atoms with Gasteiger partial charge in [0.05, 0.1) is 17.0 Å². The number of carbonyl (C=O) groups excluding carboxylic acids is 1. The summed E-state index contributed by atoms with van der Waals surface area (Å²) in [5.74, 6) is -0.119. The molecule has 0 atom stereocenters. The molecule has 0 spiro atoms. The lowest BCUT2D eigenvalue weighted by Crippen LogP contribution is -2.11. The van der Waals surface area contributed by atoms with Gasteiger partial charge >= 0.3 is 0 Å². The summed E-state index contributed by atoms with van der Waals surface area (Å²) in [5.41, 5.74) is 1.32. The standard InChI is InChI=1S/C13H17ClN2O3S/c1-9(17)11(8-16(2)3)10-5-6-12(14)13(7-10)15-20(4,18)19/h5-8,15H,1-4H3. The van der Waals surface area contributed by atoms with Crippen LogP contribution in [-0.4, -0.2) is 39.5 Å². The number of hydrogen-bond donors (Lipinski definition) is 1. The van der Waals surface area contributed by atoms with Crippen molar-refractivity contribution >= 4 is 38.7 Å². The van der Waals surface area contributed by atoms with Crippen LogP contribution in [0.4, 0.5) is 5.69 Å². The van der Waals surface area contributed by atoms with E-state index >= 15 is 0 Å². The van der Waals surface area contributed by atoms with E-state index in [9.17, 15) is 13.2 Å². The summed E-state index contributed by atoms with van der Waals surface area (Å²) in [6.07, 6.45) is 2.72. The molecule has 0 unspecified atom stereocenters. The van der Waals surface area contributed by atoms with Gasteiger partial charge in [0, 0.05) is 25.9 Å². The number of ketones is 1. The van der Waals surface area contributed by atoms with Gasteiger partial charge in [0.1, 0.15) is 0 Å². The summed E-state index contributed by atoms with van der Waals surface area (Å²) in [4.78, 5) is 13.4. The van der Waals surface area contributed by atoms with Crippen molar-refractivity contribution < 1.29 is 13.2 Å². The highest BCUT2D eigenvalue weighted by Crippen LogP contribution is 2.27. The van der Waals surface area contributed by atoms with Crippen molar-refractivity contribution in [3.8, 4) is 0 Å². The van der Waals surface area contributed by atoms with E-state index in [1.165, 1.54) is 6.92 Å². The molecular weight excluding hydrogens is 300 g/mol. The second-order valence-electron chi connectivity index (χ2n) is 4.63. The molecule has 0 bridgehead atoms. The third-order valence-corrected chi connectivity index (χ3v) is 3.26. The molecule has 0 fully saturated rings. The molecule has 1 rings (SSSR count). The zero-order valence-corrected chi connectivity index (χ0v) is 13.3. The van der Waals surface area contributed by atoms with Crippen molar-refractivity contribution in [1.29, 1.82) is 0 Å². The number of Topliss-reactive ketones (excluding diaryl/α,β-unsaturated/α-hetero) is 1. The van der Waals surface area contributed by atoms with Crippen LogP contribution in [0.25, 0.3) is 5.57 Å². The monoisotopic (exact) mass is 316 g/mol. The number of sulfonamides is 1. The lowest BCUT2D eigenvalue weighted by Gasteiger charge is -2.12. The van der Waals surface area contributed by atoms with E-state index in [-0.39, 0.29) is 16.5 Å². The van der Waals surface area contributed by atoms with E-state index in [0.29, 0.717) is 11.1 Å². The first kappa shape index (κ1) is 16.5. The molecule has 0 saturated carbocycles. The van der Waals surface area contributed by atoms with Crippen molar-refractivity contribution in [2.45, 2.75) is 6.92 Å². The Kier molecular flexibility index (Phi) is 5.19. The normalized spacial score (nSPS) is 12.2. The molecule has 0 saturated heterocycles. The minimum Gasteiger partial charge on any atom is -0.383 e. The van der Waals surface area contributed by atoms with Crippen molar-refractivity contribution in [1.82, 2.24) is 4.90 Å². The maximum absolute atomic E-state index is 11.7. The van der Waals surface area contributed by atoms with Gasteiger partial charge in [0.2, 0.25) is 10.0 Å². The first-order valence-corrected chi connectivity index (χ1v) is 8.04. The fraction of sp³-hybridized carbons (Fsp3) is 0.308.